The molecule has 26 heavy (non-hydrogen) atoms. The van der Waals surface area contributed by atoms with Crippen LogP contribution < -0.4 is 10.6 Å². The van der Waals surface area contributed by atoms with Crippen LogP contribution in [0, 0.1) is 0 Å². The van der Waals surface area contributed by atoms with Crippen LogP contribution in [0.5, 0.6) is 0 Å². The summed E-state index contributed by atoms with van der Waals surface area (Å²) in [7, 11) is 1.86. The lowest BCUT2D eigenvalue weighted by Gasteiger charge is -2.31. The number of urea groups is 1. The zero-order valence-corrected chi connectivity index (χ0v) is 15.1. The van der Waals surface area contributed by atoms with Crippen molar-refractivity contribution in [2.24, 2.45) is 0 Å². The Bertz CT molecular complexity index is 755. The monoisotopic (exact) mass is 351 g/mol. The van der Waals surface area contributed by atoms with E-state index in [-0.39, 0.29) is 18.0 Å². The highest BCUT2D eigenvalue weighted by Gasteiger charge is 2.24. The molecule has 136 valence electrons. The van der Waals surface area contributed by atoms with Crippen LogP contribution in [0.15, 0.2) is 54.6 Å². The molecule has 5 nitrogen and oxygen atoms in total. The van der Waals surface area contributed by atoms with Crippen LogP contribution >= 0.6 is 0 Å². The highest BCUT2D eigenvalue weighted by Crippen LogP contribution is 2.25. The van der Waals surface area contributed by atoms with Gasteiger partial charge in [0.25, 0.3) is 5.91 Å². The second-order valence-electron chi connectivity index (χ2n) is 6.70. The maximum atomic E-state index is 13.0. The number of anilines is 2. The van der Waals surface area contributed by atoms with Crippen LogP contribution in [0.3, 0.4) is 0 Å². The SMILES string of the molecule is CN(C(=O)c1ccccc1NC(=O)Nc1ccccc1)C1CCCCC1. The van der Waals surface area contributed by atoms with Crippen LogP contribution in [0.1, 0.15) is 42.5 Å². The van der Waals surface area contributed by atoms with Crippen molar-refractivity contribution in [3.8, 4) is 0 Å². The Kier molecular flexibility index (Phi) is 5.89. The Hall–Kier alpha value is -2.82. The minimum absolute atomic E-state index is 0.0486. The molecule has 0 unspecified atom stereocenters. The van der Waals surface area contributed by atoms with E-state index in [0.717, 1.165) is 12.8 Å². The Balaban J connectivity index is 1.71. The van der Waals surface area contributed by atoms with Gasteiger partial charge >= 0.3 is 6.03 Å². The van der Waals surface area contributed by atoms with Gasteiger partial charge in [-0.05, 0) is 37.1 Å². The Morgan fingerprint density at radius 2 is 1.54 bits per heavy atom. The third-order valence-corrected chi connectivity index (χ3v) is 4.88. The second kappa shape index (κ2) is 8.52. The normalized spacial score (nSPS) is 14.5. The van der Waals surface area contributed by atoms with Crippen molar-refractivity contribution in [1.82, 2.24) is 4.90 Å². The van der Waals surface area contributed by atoms with Crippen molar-refractivity contribution in [3.63, 3.8) is 0 Å². The zero-order chi connectivity index (χ0) is 18.4. The molecule has 5 heteroatoms. The average Bonchev–Trinajstić information content (AvgIpc) is 2.68. The van der Waals surface area contributed by atoms with E-state index >= 15 is 0 Å². The van der Waals surface area contributed by atoms with E-state index in [2.05, 4.69) is 10.6 Å². The summed E-state index contributed by atoms with van der Waals surface area (Å²) in [4.78, 5) is 27.1. The van der Waals surface area contributed by atoms with Gasteiger partial charge in [0.15, 0.2) is 0 Å². The largest absolute Gasteiger partial charge is 0.339 e. The number of nitrogens with one attached hydrogen (secondary N) is 2. The molecule has 0 heterocycles. The molecule has 0 bridgehead atoms. The Morgan fingerprint density at radius 3 is 2.27 bits per heavy atom. The first-order valence-corrected chi connectivity index (χ1v) is 9.14. The van der Waals surface area contributed by atoms with Gasteiger partial charge in [0, 0.05) is 18.8 Å². The number of para-hydroxylation sites is 2. The summed E-state index contributed by atoms with van der Waals surface area (Å²) in [5.74, 6) is -0.0486. The molecule has 3 amide bonds. The molecular weight excluding hydrogens is 326 g/mol. The first-order chi connectivity index (χ1) is 12.6. The molecular formula is C21H25N3O2. The lowest BCUT2D eigenvalue weighted by Crippen LogP contribution is -2.38. The van der Waals surface area contributed by atoms with Gasteiger partial charge in [0.1, 0.15) is 0 Å². The number of carbonyl (C=O) groups is 2. The molecule has 2 aromatic carbocycles. The third-order valence-electron chi connectivity index (χ3n) is 4.88. The van der Waals surface area contributed by atoms with E-state index in [9.17, 15) is 9.59 Å². The molecule has 0 spiro atoms. The Labute approximate surface area is 154 Å². The predicted octanol–water partition coefficient (Wildman–Crippen LogP) is 4.74. The summed E-state index contributed by atoms with van der Waals surface area (Å²) in [6, 6.07) is 16.3. The van der Waals surface area contributed by atoms with E-state index in [0.29, 0.717) is 16.9 Å². The molecule has 2 aromatic rings. The standard InChI is InChI=1S/C21H25N3O2/c1-24(17-12-6-3-7-13-17)20(25)18-14-8-9-15-19(18)23-21(26)22-16-10-4-2-5-11-16/h2,4-5,8-11,14-15,17H,3,6-7,12-13H2,1H3,(H2,22,23,26). The Morgan fingerprint density at radius 1 is 0.885 bits per heavy atom. The van der Waals surface area contributed by atoms with Crippen LogP contribution in [0.4, 0.5) is 16.2 Å². The van der Waals surface area contributed by atoms with Crippen LogP contribution in [-0.2, 0) is 0 Å². The smallest absolute Gasteiger partial charge is 0.323 e. The maximum Gasteiger partial charge on any atom is 0.323 e. The first kappa shape index (κ1) is 18.0. The summed E-state index contributed by atoms with van der Waals surface area (Å²) < 4.78 is 0. The number of benzene rings is 2. The fourth-order valence-electron chi connectivity index (χ4n) is 3.41. The molecule has 0 atom stereocenters. The van der Waals surface area contributed by atoms with Crippen molar-refractivity contribution < 1.29 is 9.59 Å². The van der Waals surface area contributed by atoms with E-state index in [1.807, 2.05) is 54.4 Å². The van der Waals surface area contributed by atoms with E-state index in [4.69, 9.17) is 0 Å². The minimum atomic E-state index is -0.364. The quantitative estimate of drug-likeness (QED) is 0.836. The number of hydrogen-bond acceptors (Lipinski definition) is 2. The molecule has 1 aliphatic rings. The van der Waals surface area contributed by atoms with Crippen LogP contribution in [0.2, 0.25) is 0 Å². The van der Waals surface area contributed by atoms with Gasteiger partial charge in [-0.1, -0.05) is 49.6 Å². The molecule has 1 saturated carbocycles. The van der Waals surface area contributed by atoms with Crippen molar-refractivity contribution in [2.75, 3.05) is 17.7 Å². The lowest BCUT2D eigenvalue weighted by molar-refractivity contribution is 0.0697. The average molecular weight is 351 g/mol. The number of amides is 3. The molecule has 2 N–H and O–H groups in total. The highest BCUT2D eigenvalue weighted by molar-refractivity contribution is 6.06. The topological polar surface area (TPSA) is 61.4 Å². The molecule has 0 aliphatic heterocycles. The fourth-order valence-corrected chi connectivity index (χ4v) is 3.41. The van der Waals surface area contributed by atoms with Gasteiger partial charge in [0.05, 0.1) is 11.3 Å². The van der Waals surface area contributed by atoms with E-state index in [1.54, 1.807) is 12.1 Å². The highest BCUT2D eigenvalue weighted by atomic mass is 16.2. The summed E-state index contributed by atoms with van der Waals surface area (Å²) in [6.07, 6.45) is 5.68. The van der Waals surface area contributed by atoms with Crippen molar-refractivity contribution in [1.29, 1.82) is 0 Å². The van der Waals surface area contributed by atoms with Gasteiger partial charge in [-0.3, -0.25) is 4.79 Å². The number of carbonyl (C=O) groups excluding carboxylic acids is 2. The van der Waals surface area contributed by atoms with Gasteiger partial charge in [-0.25, -0.2) is 4.79 Å². The number of nitrogens with zero attached hydrogens (tertiary/aromatic N) is 1. The summed E-state index contributed by atoms with van der Waals surface area (Å²) in [5, 5.41) is 5.57. The summed E-state index contributed by atoms with van der Waals surface area (Å²) in [5.41, 5.74) is 1.74. The molecule has 0 radical (unpaired) electrons. The van der Waals surface area contributed by atoms with Gasteiger partial charge in [-0.2, -0.15) is 0 Å². The molecule has 3 rings (SSSR count). The lowest BCUT2D eigenvalue weighted by atomic mass is 9.94. The minimum Gasteiger partial charge on any atom is -0.339 e. The fraction of sp³-hybridized carbons (Fsp3) is 0.333. The van der Waals surface area contributed by atoms with Crippen molar-refractivity contribution in [2.45, 2.75) is 38.1 Å². The van der Waals surface area contributed by atoms with E-state index < -0.39 is 0 Å². The maximum absolute atomic E-state index is 13.0. The zero-order valence-electron chi connectivity index (χ0n) is 15.1. The van der Waals surface area contributed by atoms with Crippen molar-refractivity contribution in [3.05, 3.63) is 60.2 Å². The third kappa shape index (κ3) is 4.42. The second-order valence-corrected chi connectivity index (χ2v) is 6.70. The van der Waals surface area contributed by atoms with Crippen LogP contribution in [-0.4, -0.2) is 29.9 Å². The van der Waals surface area contributed by atoms with Gasteiger partial charge < -0.3 is 15.5 Å². The summed E-state index contributed by atoms with van der Waals surface area (Å²) >= 11 is 0. The first-order valence-electron chi connectivity index (χ1n) is 9.14. The molecule has 0 aromatic heterocycles. The number of hydrogen-bond donors (Lipinski definition) is 2. The molecule has 0 saturated heterocycles. The van der Waals surface area contributed by atoms with Gasteiger partial charge in [-0.15, -0.1) is 0 Å². The van der Waals surface area contributed by atoms with Crippen LogP contribution in [0.25, 0.3) is 0 Å². The number of rotatable bonds is 4. The van der Waals surface area contributed by atoms with E-state index in [1.165, 1.54) is 19.3 Å². The molecule has 1 aliphatic carbocycles. The molecule has 1 fully saturated rings. The van der Waals surface area contributed by atoms with Gasteiger partial charge in [0.2, 0.25) is 0 Å². The summed E-state index contributed by atoms with van der Waals surface area (Å²) in [6.45, 7) is 0. The predicted molar refractivity (Wildman–Crippen MR) is 104 cm³/mol. The van der Waals surface area contributed by atoms with Crippen molar-refractivity contribution >= 4 is 23.3 Å².